The fraction of sp³-hybridized carbons (Fsp3) is 0.143. The van der Waals surface area contributed by atoms with Gasteiger partial charge in [-0.15, -0.1) is 0 Å². The van der Waals surface area contributed by atoms with Crippen LogP contribution in [0.1, 0.15) is 52.7 Å². The van der Waals surface area contributed by atoms with Crippen LogP contribution in [0.4, 0.5) is 51.2 Å². The topological polar surface area (TPSA) is 9.72 Å². The molecular weight excluding hydrogens is 838 g/mol. The maximum Gasteiger partial charge on any atom is 0.251 e. The molecule has 0 amide bonds. The molecular formula is C63H56BN3Si. The third-order valence-electron chi connectivity index (χ3n) is 15.0. The lowest BCUT2D eigenvalue weighted by Gasteiger charge is -2.51. The first-order valence-electron chi connectivity index (χ1n) is 24.2. The van der Waals surface area contributed by atoms with E-state index in [4.69, 9.17) is 0 Å². The number of benzene rings is 9. The van der Waals surface area contributed by atoms with Gasteiger partial charge in [0, 0.05) is 45.4 Å². The standard InChI is InChI=1S/C63H56BN3Si/c1-62(2,3)44-35-33-43(34-36-44)51-27-17-18-28-52(51)67-54-30-20-32-58-61(54)64-59-55(41-49(42-56(59)67)65(46-21-11-8-12-22-46)47-23-13-9-14-24-47)66(48-39-37-45(38-40-48)63(4,5)6)53-29-19-31-57(60(53)64)68(58,7)50-25-15-10-16-26-50/h8-42H,1-7H3. The van der Waals surface area contributed by atoms with Gasteiger partial charge in [0.05, 0.1) is 11.4 Å². The largest absolute Gasteiger partial charge is 0.311 e. The first kappa shape index (κ1) is 42.0. The molecule has 3 nitrogen and oxygen atoms in total. The summed E-state index contributed by atoms with van der Waals surface area (Å²) >= 11 is 0. The molecule has 0 N–H and O–H groups in total. The third kappa shape index (κ3) is 6.47. The molecule has 5 heteroatoms. The van der Waals surface area contributed by atoms with E-state index in [0.29, 0.717) is 0 Å². The molecule has 0 aliphatic carbocycles. The molecule has 0 saturated heterocycles. The Labute approximate surface area is 404 Å². The molecule has 9 aromatic carbocycles. The predicted molar refractivity (Wildman–Crippen MR) is 295 cm³/mol. The van der Waals surface area contributed by atoms with Crippen LogP contribution in [0.15, 0.2) is 212 Å². The highest BCUT2D eigenvalue weighted by molar-refractivity contribution is 7.21. The minimum Gasteiger partial charge on any atom is -0.311 e. The van der Waals surface area contributed by atoms with E-state index in [2.05, 4.69) is 275 Å². The summed E-state index contributed by atoms with van der Waals surface area (Å²) < 4.78 is 0. The summed E-state index contributed by atoms with van der Waals surface area (Å²) in [5.41, 5.74) is 19.9. The van der Waals surface area contributed by atoms with Gasteiger partial charge in [-0.3, -0.25) is 0 Å². The van der Waals surface area contributed by atoms with Crippen molar-refractivity contribution in [3.8, 4) is 11.1 Å². The monoisotopic (exact) mass is 893 g/mol. The van der Waals surface area contributed by atoms with Crippen molar-refractivity contribution in [3.63, 3.8) is 0 Å². The van der Waals surface area contributed by atoms with E-state index in [9.17, 15) is 0 Å². The van der Waals surface area contributed by atoms with E-state index in [1.165, 1.54) is 82.6 Å². The van der Waals surface area contributed by atoms with Gasteiger partial charge in [0.2, 0.25) is 0 Å². The van der Waals surface area contributed by atoms with Crippen LogP contribution in [0.3, 0.4) is 0 Å². The van der Waals surface area contributed by atoms with Crippen molar-refractivity contribution in [3.05, 3.63) is 223 Å². The molecule has 3 heterocycles. The van der Waals surface area contributed by atoms with Crippen molar-refractivity contribution in [2.45, 2.75) is 58.9 Å². The maximum atomic E-state index is 2.64. The fourth-order valence-electron chi connectivity index (χ4n) is 11.6. The molecule has 0 fully saturated rings. The molecule has 0 bridgehead atoms. The van der Waals surface area contributed by atoms with Gasteiger partial charge in [0.1, 0.15) is 8.07 Å². The van der Waals surface area contributed by atoms with E-state index in [1.807, 2.05) is 0 Å². The van der Waals surface area contributed by atoms with Gasteiger partial charge in [-0.2, -0.15) is 0 Å². The van der Waals surface area contributed by atoms with Crippen LogP contribution < -0.4 is 46.6 Å². The molecule has 1 unspecified atom stereocenters. The zero-order valence-electron chi connectivity index (χ0n) is 40.1. The molecule has 1 atom stereocenters. The van der Waals surface area contributed by atoms with Crippen LogP contribution in [0, 0.1) is 0 Å². The van der Waals surface area contributed by atoms with E-state index in [1.54, 1.807) is 0 Å². The fourth-order valence-corrected chi connectivity index (χ4v) is 15.9. The number of nitrogens with zero attached hydrogens (tertiary/aromatic N) is 3. The van der Waals surface area contributed by atoms with Crippen molar-refractivity contribution in [2.24, 2.45) is 0 Å². The van der Waals surface area contributed by atoms with Gasteiger partial charge in [0.25, 0.3) is 6.71 Å². The van der Waals surface area contributed by atoms with Crippen molar-refractivity contribution < 1.29 is 0 Å². The van der Waals surface area contributed by atoms with Crippen LogP contribution in [0.2, 0.25) is 6.55 Å². The average molecular weight is 894 g/mol. The molecule has 0 radical (unpaired) electrons. The normalized spacial score (nSPS) is 15.5. The first-order valence-corrected chi connectivity index (χ1v) is 26.7. The van der Waals surface area contributed by atoms with Crippen LogP contribution in [0.25, 0.3) is 11.1 Å². The Morgan fingerprint density at radius 1 is 0.397 bits per heavy atom. The van der Waals surface area contributed by atoms with Crippen molar-refractivity contribution >= 4 is 97.9 Å². The van der Waals surface area contributed by atoms with E-state index in [-0.39, 0.29) is 17.5 Å². The highest BCUT2D eigenvalue weighted by Crippen LogP contribution is 2.50. The smallest absolute Gasteiger partial charge is 0.251 e. The Kier molecular flexibility index (Phi) is 9.66. The second-order valence-corrected chi connectivity index (χ2v) is 25.0. The second-order valence-electron chi connectivity index (χ2n) is 21.1. The van der Waals surface area contributed by atoms with E-state index in [0.717, 1.165) is 22.7 Å². The van der Waals surface area contributed by atoms with E-state index >= 15 is 0 Å². The van der Waals surface area contributed by atoms with Gasteiger partial charge in [-0.05, 0) is 116 Å². The van der Waals surface area contributed by atoms with Crippen molar-refractivity contribution in [1.29, 1.82) is 0 Å². The summed E-state index contributed by atoms with van der Waals surface area (Å²) in [6.07, 6.45) is 0. The summed E-state index contributed by atoms with van der Waals surface area (Å²) in [7, 11) is -2.61. The lowest BCUT2D eigenvalue weighted by molar-refractivity contribution is 0.590. The maximum absolute atomic E-state index is 2.64. The van der Waals surface area contributed by atoms with Crippen LogP contribution in [-0.4, -0.2) is 14.8 Å². The number of anilines is 9. The van der Waals surface area contributed by atoms with Crippen LogP contribution in [-0.2, 0) is 10.8 Å². The minimum absolute atomic E-state index is 0.0204. The van der Waals surface area contributed by atoms with Crippen LogP contribution >= 0.6 is 0 Å². The number of rotatable bonds is 7. The molecule has 3 aliphatic heterocycles. The quantitative estimate of drug-likeness (QED) is 0.148. The SMILES string of the molecule is CC(C)(C)c1ccc(-c2ccccc2N2c3cc(N(c4ccccc4)c4ccccc4)cc4c3B3c5c(cccc5[Si](C)(c5ccccc5)c5cccc2c53)N4c2ccc(C(C)(C)C)cc2)cc1. The summed E-state index contributed by atoms with van der Waals surface area (Å²) in [5.74, 6) is 0. The van der Waals surface area contributed by atoms with Gasteiger partial charge in [-0.1, -0.05) is 204 Å². The first-order chi connectivity index (χ1) is 32.9. The molecule has 0 saturated carbocycles. The average Bonchev–Trinajstić information content (AvgIpc) is 3.36. The summed E-state index contributed by atoms with van der Waals surface area (Å²) in [6, 6.07) is 80.4. The predicted octanol–water partition coefficient (Wildman–Crippen LogP) is 12.9. The molecule has 330 valence electrons. The molecule has 9 aromatic rings. The Bertz CT molecular complexity index is 3340. The summed E-state index contributed by atoms with van der Waals surface area (Å²) in [5, 5.41) is 4.42. The Morgan fingerprint density at radius 2 is 0.853 bits per heavy atom. The zero-order valence-corrected chi connectivity index (χ0v) is 41.1. The molecule has 12 rings (SSSR count). The zero-order chi connectivity index (χ0) is 46.5. The Morgan fingerprint density at radius 3 is 1.40 bits per heavy atom. The summed E-state index contributed by atoms with van der Waals surface area (Å²) in [6.45, 7) is 16.4. The number of hydrogen-bond donors (Lipinski definition) is 0. The van der Waals surface area contributed by atoms with Gasteiger partial charge in [0.15, 0.2) is 0 Å². The molecule has 3 aliphatic rings. The van der Waals surface area contributed by atoms with Crippen LogP contribution in [0.5, 0.6) is 0 Å². The second kappa shape index (κ2) is 15.6. The van der Waals surface area contributed by atoms with Gasteiger partial charge >= 0.3 is 0 Å². The molecule has 0 spiro atoms. The van der Waals surface area contributed by atoms with Gasteiger partial charge < -0.3 is 14.7 Å². The van der Waals surface area contributed by atoms with Crippen molar-refractivity contribution in [2.75, 3.05) is 14.7 Å². The summed E-state index contributed by atoms with van der Waals surface area (Å²) in [4.78, 5) is 7.68. The lowest BCUT2D eigenvalue weighted by Crippen LogP contribution is -2.83. The Balaban J connectivity index is 1.22. The highest BCUT2D eigenvalue weighted by Gasteiger charge is 2.54. The molecule has 68 heavy (non-hydrogen) atoms. The number of para-hydroxylation sites is 3. The minimum atomic E-state index is -2.61. The Hall–Kier alpha value is -7.34. The lowest BCUT2D eigenvalue weighted by atomic mass is 9.33. The van der Waals surface area contributed by atoms with Gasteiger partial charge in [-0.25, -0.2) is 0 Å². The molecule has 0 aromatic heterocycles. The van der Waals surface area contributed by atoms with E-state index < -0.39 is 8.07 Å². The third-order valence-corrected chi connectivity index (χ3v) is 19.5. The highest BCUT2D eigenvalue weighted by atomic mass is 28.3. The number of hydrogen-bond acceptors (Lipinski definition) is 3. The van der Waals surface area contributed by atoms with Crippen molar-refractivity contribution in [1.82, 2.24) is 0 Å².